The highest BCUT2D eigenvalue weighted by Crippen LogP contribution is 2.29. The molecular weight excluding hydrogens is 372 g/mol. The Hall–Kier alpha value is -3.94. The molecular formula is C21H20N4O4. The molecule has 0 atom stereocenters. The van der Waals surface area contributed by atoms with Gasteiger partial charge in [0.2, 0.25) is 0 Å². The quantitative estimate of drug-likeness (QED) is 0.591. The largest absolute Gasteiger partial charge is 0.493 e. The molecule has 29 heavy (non-hydrogen) atoms. The van der Waals surface area contributed by atoms with Crippen molar-refractivity contribution >= 4 is 28.9 Å². The van der Waals surface area contributed by atoms with Crippen molar-refractivity contribution in [3.8, 4) is 11.5 Å². The minimum Gasteiger partial charge on any atom is -0.493 e. The van der Waals surface area contributed by atoms with Gasteiger partial charge < -0.3 is 20.1 Å². The van der Waals surface area contributed by atoms with E-state index >= 15 is 0 Å². The summed E-state index contributed by atoms with van der Waals surface area (Å²) in [5.74, 6) is 1.12. The zero-order valence-corrected chi connectivity index (χ0v) is 16.2. The number of rotatable bonds is 7. The molecule has 0 saturated heterocycles. The van der Waals surface area contributed by atoms with Gasteiger partial charge in [-0.15, -0.1) is 0 Å². The third-order valence-electron chi connectivity index (χ3n) is 4.10. The smallest absolute Gasteiger partial charge is 0.274 e. The Bertz CT molecular complexity index is 1040. The van der Waals surface area contributed by atoms with Crippen LogP contribution in [0.2, 0.25) is 0 Å². The fraction of sp³-hybridized carbons (Fsp3) is 0.143. The predicted octanol–water partition coefficient (Wildman–Crippen LogP) is 3.69. The van der Waals surface area contributed by atoms with Crippen LogP contribution in [-0.4, -0.2) is 35.9 Å². The Morgan fingerprint density at radius 2 is 1.55 bits per heavy atom. The molecule has 0 fully saturated rings. The van der Waals surface area contributed by atoms with Crippen molar-refractivity contribution in [2.75, 3.05) is 24.9 Å². The third kappa shape index (κ3) is 4.86. The van der Waals surface area contributed by atoms with Crippen LogP contribution in [0, 0.1) is 0 Å². The van der Waals surface area contributed by atoms with E-state index < -0.39 is 5.91 Å². The van der Waals surface area contributed by atoms with E-state index in [2.05, 4.69) is 20.6 Å². The van der Waals surface area contributed by atoms with E-state index in [4.69, 9.17) is 9.47 Å². The number of benzene rings is 2. The summed E-state index contributed by atoms with van der Waals surface area (Å²) in [5, 5.41) is 5.85. The van der Waals surface area contributed by atoms with Gasteiger partial charge in [0, 0.05) is 29.1 Å². The maximum Gasteiger partial charge on any atom is 0.274 e. The summed E-state index contributed by atoms with van der Waals surface area (Å²) in [6.45, 7) is 1.51. The number of ketones is 1. The fourth-order valence-corrected chi connectivity index (χ4v) is 2.60. The van der Waals surface area contributed by atoms with Crippen LogP contribution in [0.3, 0.4) is 0 Å². The lowest BCUT2D eigenvalue weighted by Gasteiger charge is -2.11. The van der Waals surface area contributed by atoms with Gasteiger partial charge in [-0.1, -0.05) is 0 Å². The van der Waals surface area contributed by atoms with Gasteiger partial charge in [-0.05, 0) is 43.3 Å². The number of methoxy groups -OCH3 is 2. The molecule has 1 aromatic heterocycles. The summed E-state index contributed by atoms with van der Waals surface area (Å²) < 4.78 is 10.4. The molecule has 2 N–H and O–H groups in total. The molecule has 0 spiro atoms. The minimum absolute atomic E-state index is 0.00675. The first-order valence-electron chi connectivity index (χ1n) is 8.73. The molecule has 0 saturated carbocycles. The average Bonchev–Trinajstić information content (AvgIpc) is 2.74. The predicted molar refractivity (Wildman–Crippen MR) is 109 cm³/mol. The van der Waals surface area contributed by atoms with Gasteiger partial charge in [-0.25, -0.2) is 9.97 Å². The minimum atomic E-state index is -0.394. The van der Waals surface area contributed by atoms with Crippen LogP contribution in [0.25, 0.3) is 0 Å². The lowest BCUT2D eigenvalue weighted by Crippen LogP contribution is -2.14. The Labute approximate surface area is 167 Å². The molecule has 0 aliphatic heterocycles. The van der Waals surface area contributed by atoms with Gasteiger partial charge in [0.05, 0.1) is 14.2 Å². The Kier molecular flexibility index (Phi) is 6.03. The Morgan fingerprint density at radius 3 is 2.21 bits per heavy atom. The highest BCUT2D eigenvalue weighted by molar-refractivity contribution is 6.03. The molecule has 1 amide bonds. The van der Waals surface area contributed by atoms with Crippen LogP contribution in [0.4, 0.5) is 17.2 Å². The number of ether oxygens (including phenoxy) is 2. The van der Waals surface area contributed by atoms with E-state index in [1.54, 1.807) is 49.6 Å². The molecule has 2 aromatic carbocycles. The van der Waals surface area contributed by atoms with E-state index in [0.29, 0.717) is 28.6 Å². The van der Waals surface area contributed by atoms with E-state index in [-0.39, 0.29) is 11.5 Å². The zero-order chi connectivity index (χ0) is 20.8. The molecule has 3 aromatic rings. The number of aromatic nitrogens is 2. The van der Waals surface area contributed by atoms with Crippen molar-refractivity contribution in [1.29, 1.82) is 0 Å². The standard InChI is InChI=1S/C21H20N4O4/c1-13(26)14-4-6-15(7-5-14)24-20-11-17(22-12-23-20)21(27)25-16-8-9-18(28-2)19(10-16)29-3/h4-12H,1-3H3,(H,25,27)(H,22,23,24). The van der Waals surface area contributed by atoms with Gasteiger partial charge in [-0.2, -0.15) is 0 Å². The average molecular weight is 392 g/mol. The lowest BCUT2D eigenvalue weighted by molar-refractivity contribution is 0.101. The summed E-state index contributed by atoms with van der Waals surface area (Å²) in [5.41, 5.74) is 2.09. The van der Waals surface area contributed by atoms with Crippen molar-refractivity contribution < 1.29 is 19.1 Å². The van der Waals surface area contributed by atoms with Crippen molar-refractivity contribution in [3.63, 3.8) is 0 Å². The molecule has 0 bridgehead atoms. The second-order valence-electron chi connectivity index (χ2n) is 6.07. The van der Waals surface area contributed by atoms with E-state index in [1.165, 1.54) is 26.4 Å². The number of amides is 1. The number of hydrogen-bond acceptors (Lipinski definition) is 7. The van der Waals surface area contributed by atoms with Crippen LogP contribution < -0.4 is 20.1 Å². The molecule has 8 nitrogen and oxygen atoms in total. The van der Waals surface area contributed by atoms with Crippen molar-refractivity contribution in [1.82, 2.24) is 9.97 Å². The molecule has 148 valence electrons. The van der Waals surface area contributed by atoms with E-state index in [1.807, 2.05) is 0 Å². The summed E-state index contributed by atoms with van der Waals surface area (Å²) in [6.07, 6.45) is 1.30. The van der Waals surface area contributed by atoms with Crippen LogP contribution in [0.15, 0.2) is 54.9 Å². The highest BCUT2D eigenvalue weighted by Gasteiger charge is 2.12. The van der Waals surface area contributed by atoms with E-state index in [9.17, 15) is 9.59 Å². The summed E-state index contributed by atoms with van der Waals surface area (Å²) in [7, 11) is 3.06. The third-order valence-corrected chi connectivity index (χ3v) is 4.10. The van der Waals surface area contributed by atoms with Gasteiger partial charge in [-0.3, -0.25) is 9.59 Å². The fourth-order valence-electron chi connectivity index (χ4n) is 2.60. The number of nitrogens with one attached hydrogen (secondary N) is 2. The molecule has 0 radical (unpaired) electrons. The Balaban J connectivity index is 1.73. The second-order valence-corrected chi connectivity index (χ2v) is 6.07. The topological polar surface area (TPSA) is 102 Å². The Morgan fingerprint density at radius 1 is 0.862 bits per heavy atom. The number of anilines is 3. The number of nitrogens with zero attached hydrogens (tertiary/aromatic N) is 2. The van der Waals surface area contributed by atoms with Crippen molar-refractivity contribution in [2.45, 2.75) is 6.92 Å². The summed E-state index contributed by atoms with van der Waals surface area (Å²) in [4.78, 5) is 32.1. The molecule has 8 heteroatoms. The van der Waals surface area contributed by atoms with Crippen molar-refractivity contribution in [2.24, 2.45) is 0 Å². The van der Waals surface area contributed by atoms with Crippen LogP contribution in [0.1, 0.15) is 27.8 Å². The normalized spacial score (nSPS) is 10.2. The molecule has 0 aliphatic rings. The van der Waals surface area contributed by atoms with Gasteiger partial charge in [0.1, 0.15) is 17.8 Å². The highest BCUT2D eigenvalue weighted by atomic mass is 16.5. The maximum absolute atomic E-state index is 12.6. The van der Waals surface area contributed by atoms with Crippen LogP contribution in [-0.2, 0) is 0 Å². The molecule has 1 heterocycles. The van der Waals surface area contributed by atoms with Gasteiger partial charge >= 0.3 is 0 Å². The number of carbonyl (C=O) groups is 2. The van der Waals surface area contributed by atoms with E-state index in [0.717, 1.165) is 5.69 Å². The molecule has 0 aliphatic carbocycles. The number of Topliss-reactive ketones (excluding diaryl/α,β-unsaturated/α-hetero) is 1. The first kappa shape index (κ1) is 19.8. The first-order valence-corrected chi connectivity index (χ1v) is 8.73. The maximum atomic E-state index is 12.6. The SMILES string of the molecule is COc1ccc(NC(=O)c2cc(Nc3ccc(C(C)=O)cc3)ncn2)cc1OC. The van der Waals surface area contributed by atoms with Gasteiger partial charge in [0.15, 0.2) is 17.3 Å². The van der Waals surface area contributed by atoms with Crippen LogP contribution in [0.5, 0.6) is 11.5 Å². The van der Waals surface area contributed by atoms with Crippen LogP contribution >= 0.6 is 0 Å². The number of hydrogen-bond donors (Lipinski definition) is 2. The lowest BCUT2D eigenvalue weighted by atomic mass is 10.1. The second kappa shape index (κ2) is 8.83. The summed E-state index contributed by atoms with van der Waals surface area (Å²) >= 11 is 0. The summed E-state index contributed by atoms with van der Waals surface area (Å²) in [6, 6.07) is 13.6. The van der Waals surface area contributed by atoms with Crippen molar-refractivity contribution in [3.05, 3.63) is 66.1 Å². The zero-order valence-electron chi connectivity index (χ0n) is 16.2. The molecule has 3 rings (SSSR count). The molecule has 0 unspecified atom stereocenters. The first-order chi connectivity index (χ1) is 14.0. The number of carbonyl (C=O) groups excluding carboxylic acids is 2. The van der Waals surface area contributed by atoms with Gasteiger partial charge in [0.25, 0.3) is 5.91 Å². The monoisotopic (exact) mass is 392 g/mol.